The summed E-state index contributed by atoms with van der Waals surface area (Å²) in [6, 6.07) is 48.7. The number of benzene rings is 5. The SMILES string of the molecule is O=C(c1ccccc1)c1c(-c2ccccc2)cc(-c2ccccc2)c(-[n+]2ccccc2)c1-c1ccccc1. The van der Waals surface area contributed by atoms with Crippen LogP contribution in [0.15, 0.2) is 158 Å². The van der Waals surface area contributed by atoms with Crippen molar-refractivity contribution in [1.29, 1.82) is 0 Å². The van der Waals surface area contributed by atoms with E-state index in [-0.39, 0.29) is 5.78 Å². The van der Waals surface area contributed by atoms with Gasteiger partial charge in [-0.15, -0.1) is 0 Å². The van der Waals surface area contributed by atoms with Crippen molar-refractivity contribution in [2.75, 3.05) is 0 Å². The van der Waals surface area contributed by atoms with Gasteiger partial charge in [-0.1, -0.05) is 127 Å². The van der Waals surface area contributed by atoms with Crippen LogP contribution in [0.1, 0.15) is 15.9 Å². The van der Waals surface area contributed by atoms with Crippen LogP contribution in [0.2, 0.25) is 0 Å². The topological polar surface area (TPSA) is 20.9 Å². The third-order valence-corrected chi connectivity index (χ3v) is 6.77. The molecule has 2 nitrogen and oxygen atoms in total. The summed E-state index contributed by atoms with van der Waals surface area (Å²) < 4.78 is 2.13. The van der Waals surface area contributed by atoms with E-state index < -0.39 is 0 Å². The van der Waals surface area contributed by atoms with Crippen LogP contribution in [0.3, 0.4) is 0 Å². The summed E-state index contributed by atoms with van der Waals surface area (Å²) in [7, 11) is 0. The van der Waals surface area contributed by atoms with Crippen LogP contribution in [0.5, 0.6) is 0 Å². The maximum atomic E-state index is 14.5. The van der Waals surface area contributed by atoms with Gasteiger partial charge in [0.15, 0.2) is 18.2 Å². The highest BCUT2D eigenvalue weighted by Gasteiger charge is 2.30. The number of rotatable bonds is 6. The summed E-state index contributed by atoms with van der Waals surface area (Å²) in [5.74, 6) is 0.000647. The monoisotopic (exact) mass is 488 g/mol. The zero-order valence-corrected chi connectivity index (χ0v) is 20.9. The molecule has 38 heavy (non-hydrogen) atoms. The number of carbonyl (C=O) groups excluding carboxylic acids is 1. The van der Waals surface area contributed by atoms with Crippen molar-refractivity contribution >= 4 is 5.78 Å². The standard InChI is InChI=1S/C36H26NO/c38-36(30-22-12-4-13-23-30)34-31(27-16-6-1-7-17-27)26-32(28-18-8-2-9-19-28)35(37-24-14-5-15-25-37)33(34)29-20-10-3-11-21-29/h1-26H/q+1. The van der Waals surface area contributed by atoms with E-state index in [0.29, 0.717) is 11.1 Å². The van der Waals surface area contributed by atoms with E-state index in [1.807, 2.05) is 103 Å². The third kappa shape index (κ3) is 4.44. The zero-order valence-electron chi connectivity index (χ0n) is 20.9. The molecule has 0 unspecified atom stereocenters. The van der Waals surface area contributed by atoms with Crippen LogP contribution in [0, 0.1) is 0 Å². The van der Waals surface area contributed by atoms with Crippen molar-refractivity contribution in [3.05, 3.63) is 169 Å². The van der Waals surface area contributed by atoms with E-state index in [4.69, 9.17) is 0 Å². The van der Waals surface area contributed by atoms with Crippen LogP contribution in [-0.2, 0) is 0 Å². The van der Waals surface area contributed by atoms with Gasteiger partial charge in [0.25, 0.3) is 0 Å². The maximum Gasteiger partial charge on any atom is 0.227 e. The number of hydrogen-bond acceptors (Lipinski definition) is 1. The average Bonchev–Trinajstić information content (AvgIpc) is 3.02. The summed E-state index contributed by atoms with van der Waals surface area (Å²) in [5, 5.41) is 0. The molecule has 0 atom stereocenters. The Morgan fingerprint density at radius 3 is 1.47 bits per heavy atom. The molecule has 0 aliphatic heterocycles. The Bertz CT molecular complexity index is 1680. The van der Waals surface area contributed by atoms with Crippen molar-refractivity contribution in [2.24, 2.45) is 0 Å². The molecule has 1 aromatic heterocycles. The molecular formula is C36H26NO+. The number of nitrogens with zero attached hydrogens (tertiary/aromatic N) is 1. The molecule has 0 spiro atoms. The van der Waals surface area contributed by atoms with Gasteiger partial charge in [-0.05, 0) is 28.3 Å². The second kappa shape index (κ2) is 10.5. The predicted octanol–water partition coefficient (Wildman–Crippen LogP) is 8.20. The molecule has 0 saturated carbocycles. The molecule has 0 amide bonds. The van der Waals surface area contributed by atoms with Crippen molar-refractivity contribution < 1.29 is 9.36 Å². The summed E-state index contributed by atoms with van der Waals surface area (Å²) in [4.78, 5) is 14.5. The lowest BCUT2D eigenvalue weighted by atomic mass is 9.82. The number of ketones is 1. The van der Waals surface area contributed by atoms with Crippen LogP contribution in [0.4, 0.5) is 0 Å². The Hall–Kier alpha value is -5.08. The highest BCUT2D eigenvalue weighted by molar-refractivity contribution is 6.18. The molecular weight excluding hydrogens is 462 g/mol. The van der Waals surface area contributed by atoms with E-state index in [9.17, 15) is 4.79 Å². The fourth-order valence-corrected chi connectivity index (χ4v) is 5.03. The normalized spacial score (nSPS) is 10.7. The zero-order chi connectivity index (χ0) is 25.7. The second-order valence-corrected chi connectivity index (χ2v) is 9.15. The van der Waals surface area contributed by atoms with Crippen molar-refractivity contribution in [3.8, 4) is 39.1 Å². The highest BCUT2D eigenvalue weighted by Crippen LogP contribution is 2.42. The third-order valence-electron chi connectivity index (χ3n) is 6.77. The molecule has 0 radical (unpaired) electrons. The summed E-state index contributed by atoms with van der Waals surface area (Å²) >= 11 is 0. The summed E-state index contributed by atoms with van der Waals surface area (Å²) in [5.41, 5.74) is 8.31. The maximum absolute atomic E-state index is 14.5. The Morgan fingerprint density at radius 2 is 0.921 bits per heavy atom. The fraction of sp³-hybridized carbons (Fsp3) is 0. The molecule has 0 fully saturated rings. The van der Waals surface area contributed by atoms with E-state index in [2.05, 4.69) is 59.2 Å². The van der Waals surface area contributed by atoms with Crippen molar-refractivity contribution in [1.82, 2.24) is 0 Å². The molecule has 0 aliphatic rings. The highest BCUT2D eigenvalue weighted by atomic mass is 16.1. The first-order valence-corrected chi connectivity index (χ1v) is 12.7. The number of pyridine rings is 1. The number of carbonyl (C=O) groups is 1. The van der Waals surface area contributed by atoms with Crippen LogP contribution in [-0.4, -0.2) is 5.78 Å². The van der Waals surface area contributed by atoms with Gasteiger partial charge in [-0.3, -0.25) is 4.79 Å². The molecule has 0 N–H and O–H groups in total. The van der Waals surface area contributed by atoms with Gasteiger partial charge in [0.05, 0.1) is 11.1 Å². The first-order valence-electron chi connectivity index (χ1n) is 12.7. The lowest BCUT2D eigenvalue weighted by Crippen LogP contribution is -2.32. The first-order chi connectivity index (χ1) is 18.8. The van der Waals surface area contributed by atoms with Gasteiger partial charge in [-0.25, -0.2) is 0 Å². The van der Waals surface area contributed by atoms with Gasteiger partial charge in [0.1, 0.15) is 0 Å². The molecule has 0 bridgehead atoms. The minimum atomic E-state index is 0.000647. The van der Waals surface area contributed by atoms with Crippen LogP contribution < -0.4 is 4.57 Å². The Kier molecular flexibility index (Phi) is 6.44. The quantitative estimate of drug-likeness (QED) is 0.171. The smallest absolute Gasteiger partial charge is 0.227 e. The van der Waals surface area contributed by atoms with Gasteiger partial charge in [-0.2, -0.15) is 4.57 Å². The summed E-state index contributed by atoms with van der Waals surface area (Å²) in [6.07, 6.45) is 4.10. The molecule has 5 aromatic carbocycles. The fourth-order valence-electron chi connectivity index (χ4n) is 5.03. The number of aromatic nitrogens is 1. The predicted molar refractivity (Wildman–Crippen MR) is 154 cm³/mol. The minimum Gasteiger partial charge on any atom is -0.289 e. The Labute approximate surface area is 223 Å². The minimum absolute atomic E-state index is 0.000647. The van der Waals surface area contributed by atoms with E-state index in [1.165, 1.54) is 0 Å². The largest absolute Gasteiger partial charge is 0.289 e. The Balaban J connectivity index is 1.82. The van der Waals surface area contributed by atoms with Crippen molar-refractivity contribution in [3.63, 3.8) is 0 Å². The molecule has 0 saturated heterocycles. The molecule has 180 valence electrons. The summed E-state index contributed by atoms with van der Waals surface area (Å²) in [6.45, 7) is 0. The van der Waals surface area contributed by atoms with Gasteiger partial charge in [0.2, 0.25) is 5.69 Å². The molecule has 1 heterocycles. The van der Waals surface area contributed by atoms with Crippen molar-refractivity contribution in [2.45, 2.75) is 0 Å². The molecule has 6 aromatic rings. The van der Waals surface area contributed by atoms with E-state index in [1.54, 1.807) is 0 Å². The van der Waals surface area contributed by atoms with Gasteiger partial charge in [0, 0.05) is 23.3 Å². The lowest BCUT2D eigenvalue weighted by molar-refractivity contribution is -0.594. The Morgan fingerprint density at radius 1 is 0.474 bits per heavy atom. The molecule has 0 aliphatic carbocycles. The molecule has 2 heteroatoms. The van der Waals surface area contributed by atoms with Gasteiger partial charge >= 0.3 is 0 Å². The first kappa shape index (κ1) is 23.3. The average molecular weight is 489 g/mol. The number of hydrogen-bond donors (Lipinski definition) is 0. The van der Waals surface area contributed by atoms with Crippen LogP contribution >= 0.6 is 0 Å². The lowest BCUT2D eigenvalue weighted by Gasteiger charge is -2.20. The second-order valence-electron chi connectivity index (χ2n) is 9.15. The van der Waals surface area contributed by atoms with E-state index in [0.717, 1.165) is 39.1 Å². The van der Waals surface area contributed by atoms with Crippen LogP contribution in [0.25, 0.3) is 39.1 Å². The van der Waals surface area contributed by atoms with Gasteiger partial charge < -0.3 is 0 Å². The molecule has 6 rings (SSSR count). The van der Waals surface area contributed by atoms with E-state index >= 15 is 0 Å².